The Hall–Kier alpha value is -2.21. The van der Waals surface area contributed by atoms with E-state index in [-0.39, 0.29) is 42.0 Å². The van der Waals surface area contributed by atoms with Crippen LogP contribution >= 0.6 is 12.4 Å². The predicted octanol–water partition coefficient (Wildman–Crippen LogP) is 0.486. The van der Waals surface area contributed by atoms with Gasteiger partial charge in [0.2, 0.25) is 11.9 Å². The van der Waals surface area contributed by atoms with Crippen molar-refractivity contribution in [3.8, 4) is 0 Å². The highest BCUT2D eigenvalue weighted by molar-refractivity contribution is 5.85. The highest BCUT2D eigenvalue weighted by Crippen LogP contribution is 2.44. The Balaban J connectivity index is 0.00000259. The fourth-order valence-electron chi connectivity index (χ4n) is 5.60. The Labute approximate surface area is 198 Å². The van der Waals surface area contributed by atoms with Crippen LogP contribution in [0.3, 0.4) is 0 Å². The van der Waals surface area contributed by atoms with Gasteiger partial charge in [-0.1, -0.05) is 0 Å². The van der Waals surface area contributed by atoms with Crippen molar-refractivity contribution in [1.82, 2.24) is 29.7 Å². The molecule has 0 aromatic carbocycles. The quantitative estimate of drug-likeness (QED) is 0.479. The van der Waals surface area contributed by atoms with Crippen LogP contribution < -0.4 is 16.8 Å². The highest BCUT2D eigenvalue weighted by Gasteiger charge is 2.50. The van der Waals surface area contributed by atoms with Crippen LogP contribution in [-0.2, 0) is 9.53 Å². The summed E-state index contributed by atoms with van der Waals surface area (Å²) in [5, 5.41) is 14.8. The lowest BCUT2D eigenvalue weighted by Crippen LogP contribution is -2.58. The maximum atomic E-state index is 12.9. The van der Waals surface area contributed by atoms with E-state index in [1.54, 1.807) is 10.9 Å². The molecule has 3 saturated heterocycles. The second-order valence-corrected chi connectivity index (χ2v) is 9.70. The van der Waals surface area contributed by atoms with Gasteiger partial charge >= 0.3 is 0 Å². The SMILES string of the molecule is C[C@@]1(O)CC2(CCN(C(=O)[C@@H]3CCCNC3)CC2)OC[C@H]1n1cnc2c(N)nc(N)nc21.Cl. The van der Waals surface area contributed by atoms with Gasteiger partial charge in [-0.25, -0.2) is 4.98 Å². The summed E-state index contributed by atoms with van der Waals surface area (Å²) < 4.78 is 8.18. The predicted molar refractivity (Wildman–Crippen MR) is 126 cm³/mol. The van der Waals surface area contributed by atoms with E-state index in [9.17, 15) is 9.90 Å². The maximum Gasteiger partial charge on any atom is 0.226 e. The first-order valence-corrected chi connectivity index (χ1v) is 11.4. The molecule has 3 fully saturated rings. The molecule has 0 bridgehead atoms. The third-order valence-corrected chi connectivity index (χ3v) is 7.38. The second-order valence-electron chi connectivity index (χ2n) is 9.70. The fraction of sp³-hybridized carbons (Fsp3) is 0.714. The number of nitrogen functional groups attached to an aromatic ring is 2. The van der Waals surface area contributed by atoms with Crippen LogP contribution in [0.5, 0.6) is 0 Å². The first-order valence-electron chi connectivity index (χ1n) is 11.4. The number of rotatable bonds is 2. The number of halogens is 1. The van der Waals surface area contributed by atoms with Crippen LogP contribution in [-0.4, -0.2) is 79.4 Å². The molecule has 1 amide bonds. The van der Waals surface area contributed by atoms with E-state index in [4.69, 9.17) is 16.2 Å². The highest BCUT2D eigenvalue weighted by atomic mass is 35.5. The lowest BCUT2D eigenvalue weighted by Gasteiger charge is -2.51. The van der Waals surface area contributed by atoms with Gasteiger partial charge in [0.1, 0.15) is 5.52 Å². The number of amides is 1. The number of carbonyl (C=O) groups is 1. The summed E-state index contributed by atoms with van der Waals surface area (Å²) in [4.78, 5) is 27.4. The Morgan fingerprint density at radius 3 is 2.73 bits per heavy atom. The van der Waals surface area contributed by atoms with Gasteiger partial charge in [0.05, 0.1) is 36.1 Å². The summed E-state index contributed by atoms with van der Waals surface area (Å²) in [7, 11) is 0. The second kappa shape index (κ2) is 8.86. The average molecular weight is 481 g/mol. The summed E-state index contributed by atoms with van der Waals surface area (Å²) in [5.41, 5.74) is 11.2. The van der Waals surface area contributed by atoms with Crippen LogP contribution in [0.25, 0.3) is 11.2 Å². The van der Waals surface area contributed by atoms with E-state index in [0.29, 0.717) is 50.1 Å². The molecule has 1 spiro atoms. The molecule has 0 radical (unpaired) electrons. The number of aliphatic hydroxyl groups is 1. The largest absolute Gasteiger partial charge is 0.388 e. The minimum atomic E-state index is -1.06. The van der Waals surface area contributed by atoms with Crippen LogP contribution in [0.2, 0.25) is 0 Å². The number of anilines is 2. The molecule has 12 heteroatoms. The lowest BCUT2D eigenvalue weighted by atomic mass is 9.75. The Bertz CT molecular complexity index is 1010. The molecule has 3 atom stereocenters. The number of hydrogen-bond donors (Lipinski definition) is 4. The molecule has 2 aromatic heterocycles. The first kappa shape index (κ1) is 23.9. The van der Waals surface area contributed by atoms with Crippen molar-refractivity contribution in [2.75, 3.05) is 44.3 Å². The zero-order valence-electron chi connectivity index (χ0n) is 18.9. The topological polar surface area (TPSA) is 157 Å². The third kappa shape index (κ3) is 4.34. The number of nitrogens with one attached hydrogen (secondary N) is 1. The zero-order chi connectivity index (χ0) is 22.5. The van der Waals surface area contributed by atoms with Gasteiger partial charge in [0.15, 0.2) is 11.5 Å². The van der Waals surface area contributed by atoms with Crippen LogP contribution in [0.15, 0.2) is 6.33 Å². The van der Waals surface area contributed by atoms with E-state index in [1.807, 2.05) is 11.8 Å². The van der Waals surface area contributed by atoms with Gasteiger partial charge in [-0.2, -0.15) is 9.97 Å². The number of hydrogen-bond acceptors (Lipinski definition) is 9. The van der Waals surface area contributed by atoms with Crippen molar-refractivity contribution < 1.29 is 14.6 Å². The van der Waals surface area contributed by atoms with E-state index in [1.165, 1.54) is 0 Å². The monoisotopic (exact) mass is 480 g/mol. The molecule has 2 aromatic rings. The van der Waals surface area contributed by atoms with Crippen molar-refractivity contribution in [2.24, 2.45) is 5.92 Å². The summed E-state index contributed by atoms with van der Waals surface area (Å²) >= 11 is 0. The summed E-state index contributed by atoms with van der Waals surface area (Å²) in [5.74, 6) is 0.597. The van der Waals surface area contributed by atoms with Crippen LogP contribution in [0.4, 0.5) is 11.8 Å². The molecule has 3 aliphatic heterocycles. The van der Waals surface area contributed by atoms with Crippen molar-refractivity contribution in [3.05, 3.63) is 6.33 Å². The summed E-state index contributed by atoms with van der Waals surface area (Å²) in [6.07, 6.45) is 5.51. The van der Waals surface area contributed by atoms with Gasteiger partial charge in [0.25, 0.3) is 0 Å². The molecule has 0 saturated carbocycles. The molecule has 3 aliphatic rings. The van der Waals surface area contributed by atoms with Crippen LogP contribution in [0, 0.1) is 5.92 Å². The molecule has 0 unspecified atom stereocenters. The number of aromatic nitrogens is 4. The normalized spacial score (nSPS) is 29.7. The number of nitrogens with two attached hydrogens (primary N) is 2. The molecule has 33 heavy (non-hydrogen) atoms. The van der Waals surface area contributed by atoms with Crippen molar-refractivity contribution >= 4 is 41.2 Å². The fourth-order valence-corrected chi connectivity index (χ4v) is 5.60. The molecule has 5 heterocycles. The number of carbonyl (C=O) groups excluding carboxylic acids is 1. The standard InChI is InChI=1S/C21H32N8O3.ClH/c1-20(31)11-21(4-7-28(8-5-21)18(30)13-3-2-6-24-9-13)32-10-14(20)29-12-25-15-16(22)26-19(23)27-17(15)29;/h12-14,24,31H,2-11H2,1H3,(H4,22,23,26,27);1H/t13-,14-,20-;/m1./s1. The third-order valence-electron chi connectivity index (χ3n) is 7.38. The summed E-state index contributed by atoms with van der Waals surface area (Å²) in [6, 6.07) is -0.389. The van der Waals surface area contributed by atoms with Crippen molar-refractivity contribution in [2.45, 2.75) is 56.3 Å². The van der Waals surface area contributed by atoms with Gasteiger partial charge in [-0.3, -0.25) is 4.79 Å². The zero-order valence-corrected chi connectivity index (χ0v) is 19.7. The Morgan fingerprint density at radius 1 is 1.30 bits per heavy atom. The van der Waals surface area contributed by atoms with Crippen molar-refractivity contribution in [3.63, 3.8) is 0 Å². The van der Waals surface area contributed by atoms with Crippen LogP contribution in [0.1, 0.15) is 45.1 Å². The number of likely N-dealkylation sites (tertiary alicyclic amines) is 1. The number of piperidine rings is 2. The van der Waals surface area contributed by atoms with E-state index in [0.717, 1.165) is 25.9 Å². The van der Waals surface area contributed by atoms with E-state index >= 15 is 0 Å². The van der Waals surface area contributed by atoms with Crippen molar-refractivity contribution in [1.29, 1.82) is 0 Å². The smallest absolute Gasteiger partial charge is 0.226 e. The molecule has 11 nitrogen and oxygen atoms in total. The maximum absolute atomic E-state index is 12.9. The summed E-state index contributed by atoms with van der Waals surface area (Å²) in [6.45, 7) is 5.21. The lowest BCUT2D eigenvalue weighted by molar-refractivity contribution is -0.197. The Kier molecular flexibility index (Phi) is 6.43. The van der Waals surface area contributed by atoms with Gasteiger partial charge < -0.3 is 36.1 Å². The molecule has 182 valence electrons. The Morgan fingerprint density at radius 2 is 2.06 bits per heavy atom. The first-order chi connectivity index (χ1) is 15.3. The molecular formula is C21H33ClN8O3. The molecule has 0 aliphatic carbocycles. The molecule has 5 rings (SSSR count). The average Bonchev–Trinajstić information content (AvgIpc) is 3.17. The molecule has 6 N–H and O–H groups in total. The van der Waals surface area contributed by atoms with Gasteiger partial charge in [0, 0.05) is 26.1 Å². The minimum absolute atomic E-state index is 0. The number of fused-ring (bicyclic) bond motifs is 1. The van der Waals surface area contributed by atoms with E-state index in [2.05, 4.69) is 20.3 Å². The van der Waals surface area contributed by atoms with Gasteiger partial charge in [-0.15, -0.1) is 12.4 Å². The van der Waals surface area contributed by atoms with Gasteiger partial charge in [-0.05, 0) is 39.2 Å². The molecular weight excluding hydrogens is 448 g/mol. The minimum Gasteiger partial charge on any atom is -0.388 e. The number of imidazole rings is 1. The van der Waals surface area contributed by atoms with E-state index < -0.39 is 11.2 Å². The number of ether oxygens (including phenoxy) is 1. The number of nitrogens with zero attached hydrogens (tertiary/aromatic N) is 5.